The van der Waals surface area contributed by atoms with Crippen LogP contribution in [0.5, 0.6) is 0 Å². The zero-order chi connectivity index (χ0) is 15.8. The molecule has 1 unspecified atom stereocenters. The average molecular weight is 288 g/mol. The topological polar surface area (TPSA) is 69.0 Å². The van der Waals surface area contributed by atoms with Crippen molar-refractivity contribution in [1.29, 1.82) is 5.26 Å². The molecule has 0 saturated heterocycles. The fraction of sp³-hybridized carbons (Fsp3) is 0.562. The summed E-state index contributed by atoms with van der Waals surface area (Å²) >= 11 is 0. The van der Waals surface area contributed by atoms with Crippen LogP contribution >= 0.6 is 0 Å². The number of anilines is 1. The summed E-state index contributed by atoms with van der Waals surface area (Å²) in [6.45, 7) is 9.56. The summed E-state index contributed by atoms with van der Waals surface area (Å²) in [6, 6.07) is 5.79. The van der Waals surface area contributed by atoms with Crippen molar-refractivity contribution in [2.24, 2.45) is 5.92 Å². The number of nitrogens with one attached hydrogen (secondary N) is 1. The van der Waals surface area contributed by atoms with E-state index < -0.39 is 0 Å². The molecule has 1 aromatic rings. The molecule has 0 aliphatic heterocycles. The molecular formula is C16H24N4O. The number of nitriles is 1. The van der Waals surface area contributed by atoms with Crippen LogP contribution in [-0.4, -0.2) is 35.4 Å². The second-order valence-electron chi connectivity index (χ2n) is 4.99. The lowest BCUT2D eigenvalue weighted by Crippen LogP contribution is -2.34. The number of nitrogens with zero attached hydrogens (tertiary/aromatic N) is 3. The Kier molecular flexibility index (Phi) is 6.67. The van der Waals surface area contributed by atoms with Crippen LogP contribution in [0.4, 0.5) is 5.82 Å². The highest BCUT2D eigenvalue weighted by atomic mass is 16.2. The minimum atomic E-state index is -0.172. The summed E-state index contributed by atoms with van der Waals surface area (Å²) in [5.41, 5.74) is 1.52. The molecule has 0 bridgehead atoms. The number of carbonyl (C=O) groups excluding carboxylic acids is 1. The summed E-state index contributed by atoms with van der Waals surface area (Å²) in [6.07, 6.45) is 0.778. The smallest absolute Gasteiger partial charge is 0.254 e. The molecule has 0 aromatic carbocycles. The van der Waals surface area contributed by atoms with Gasteiger partial charge in [0.25, 0.3) is 5.91 Å². The molecule has 1 aromatic heterocycles. The van der Waals surface area contributed by atoms with E-state index in [0.717, 1.165) is 24.5 Å². The van der Waals surface area contributed by atoms with Crippen LogP contribution in [0.3, 0.4) is 0 Å². The van der Waals surface area contributed by atoms with Gasteiger partial charge in [0.1, 0.15) is 5.82 Å². The molecular weight excluding hydrogens is 264 g/mol. The number of rotatable bonds is 7. The van der Waals surface area contributed by atoms with Crippen molar-refractivity contribution in [1.82, 2.24) is 9.88 Å². The van der Waals surface area contributed by atoms with Crippen LogP contribution in [0.2, 0.25) is 0 Å². The Morgan fingerprint density at radius 2 is 2.14 bits per heavy atom. The fourth-order valence-electron chi connectivity index (χ4n) is 2.07. The third-order valence-corrected chi connectivity index (χ3v) is 3.23. The van der Waals surface area contributed by atoms with Gasteiger partial charge in [-0.15, -0.1) is 0 Å². The second-order valence-corrected chi connectivity index (χ2v) is 4.99. The van der Waals surface area contributed by atoms with Gasteiger partial charge in [-0.3, -0.25) is 4.79 Å². The van der Waals surface area contributed by atoms with Crippen molar-refractivity contribution in [2.75, 3.05) is 25.0 Å². The van der Waals surface area contributed by atoms with Gasteiger partial charge >= 0.3 is 0 Å². The summed E-state index contributed by atoms with van der Waals surface area (Å²) in [7, 11) is 0. The van der Waals surface area contributed by atoms with E-state index in [2.05, 4.69) is 16.4 Å². The average Bonchev–Trinajstić information content (AvgIpc) is 2.51. The van der Waals surface area contributed by atoms with E-state index >= 15 is 0 Å². The van der Waals surface area contributed by atoms with Crippen molar-refractivity contribution in [3.8, 4) is 6.07 Å². The maximum absolute atomic E-state index is 12.6. The van der Waals surface area contributed by atoms with E-state index in [9.17, 15) is 4.79 Å². The zero-order valence-electron chi connectivity index (χ0n) is 13.3. The molecule has 1 atom stereocenters. The van der Waals surface area contributed by atoms with E-state index in [-0.39, 0.29) is 11.8 Å². The predicted octanol–water partition coefficient (Wildman–Crippen LogP) is 2.70. The summed E-state index contributed by atoms with van der Waals surface area (Å²) in [5, 5.41) is 12.1. The number of pyridine rings is 1. The van der Waals surface area contributed by atoms with E-state index in [1.807, 2.05) is 33.8 Å². The van der Waals surface area contributed by atoms with Gasteiger partial charge in [-0.2, -0.15) is 5.26 Å². The number of amides is 1. The van der Waals surface area contributed by atoms with Gasteiger partial charge < -0.3 is 10.2 Å². The number of hydrogen-bond acceptors (Lipinski definition) is 4. The Morgan fingerprint density at radius 3 is 2.67 bits per heavy atom. The molecule has 0 saturated carbocycles. The molecule has 0 aliphatic carbocycles. The lowest BCUT2D eigenvalue weighted by atomic mass is 10.1. The molecule has 1 N–H and O–H groups in total. The van der Waals surface area contributed by atoms with Crippen LogP contribution < -0.4 is 5.32 Å². The number of aryl methyl sites for hydroxylation is 1. The minimum absolute atomic E-state index is 0.0455. The molecule has 0 radical (unpaired) electrons. The molecule has 1 amide bonds. The molecule has 5 heteroatoms. The second kappa shape index (κ2) is 8.25. The fourth-order valence-corrected chi connectivity index (χ4v) is 2.07. The van der Waals surface area contributed by atoms with Crippen molar-refractivity contribution in [3.05, 3.63) is 23.4 Å². The Balaban J connectivity index is 3.03. The first kappa shape index (κ1) is 17.0. The molecule has 1 rings (SSSR count). The van der Waals surface area contributed by atoms with Gasteiger partial charge in [0, 0.05) is 30.9 Å². The van der Waals surface area contributed by atoms with Crippen LogP contribution in [0.25, 0.3) is 0 Å². The Bertz CT molecular complexity index is 521. The summed E-state index contributed by atoms with van der Waals surface area (Å²) in [4.78, 5) is 18.8. The molecule has 21 heavy (non-hydrogen) atoms. The monoisotopic (exact) mass is 288 g/mol. The third kappa shape index (κ3) is 4.75. The van der Waals surface area contributed by atoms with Crippen LogP contribution in [0, 0.1) is 17.2 Å². The van der Waals surface area contributed by atoms with Crippen LogP contribution in [0.1, 0.15) is 43.7 Å². The van der Waals surface area contributed by atoms with Gasteiger partial charge in [-0.25, -0.2) is 4.98 Å². The van der Waals surface area contributed by atoms with Crippen LogP contribution in [0.15, 0.2) is 12.1 Å². The highest BCUT2D eigenvalue weighted by Gasteiger charge is 2.18. The normalized spacial score (nSPS) is 11.6. The maximum Gasteiger partial charge on any atom is 0.254 e. The van der Waals surface area contributed by atoms with Gasteiger partial charge in [-0.1, -0.05) is 6.92 Å². The standard InChI is InChI=1S/C16H24N4O/c1-5-14-8-13(9-15(19-14)18-6-2)16(21)20(7-3)11-12(4)10-17/h8-9,12H,5-7,11H2,1-4H3,(H,18,19). The molecule has 0 spiro atoms. The van der Waals surface area contributed by atoms with Gasteiger partial charge in [0.15, 0.2) is 0 Å². The summed E-state index contributed by atoms with van der Waals surface area (Å²) in [5.74, 6) is 0.509. The molecule has 5 nitrogen and oxygen atoms in total. The lowest BCUT2D eigenvalue weighted by molar-refractivity contribution is 0.0752. The van der Waals surface area contributed by atoms with Crippen molar-refractivity contribution in [3.63, 3.8) is 0 Å². The van der Waals surface area contributed by atoms with Crippen molar-refractivity contribution in [2.45, 2.75) is 34.1 Å². The maximum atomic E-state index is 12.6. The molecule has 0 fully saturated rings. The number of carbonyl (C=O) groups is 1. The van der Waals surface area contributed by atoms with Crippen molar-refractivity contribution >= 4 is 11.7 Å². The van der Waals surface area contributed by atoms with E-state index in [1.165, 1.54) is 0 Å². The predicted molar refractivity (Wildman–Crippen MR) is 84.1 cm³/mol. The largest absolute Gasteiger partial charge is 0.370 e. The van der Waals surface area contributed by atoms with Gasteiger partial charge in [-0.05, 0) is 39.3 Å². The Morgan fingerprint density at radius 1 is 1.43 bits per heavy atom. The lowest BCUT2D eigenvalue weighted by Gasteiger charge is -2.22. The quantitative estimate of drug-likeness (QED) is 0.837. The minimum Gasteiger partial charge on any atom is -0.370 e. The summed E-state index contributed by atoms with van der Waals surface area (Å²) < 4.78 is 0. The van der Waals surface area contributed by atoms with E-state index in [0.29, 0.717) is 18.7 Å². The van der Waals surface area contributed by atoms with Gasteiger partial charge in [0.2, 0.25) is 0 Å². The molecule has 0 aliphatic rings. The highest BCUT2D eigenvalue weighted by Crippen LogP contribution is 2.14. The molecule has 114 valence electrons. The third-order valence-electron chi connectivity index (χ3n) is 3.23. The van der Waals surface area contributed by atoms with Crippen LogP contribution in [-0.2, 0) is 6.42 Å². The zero-order valence-corrected chi connectivity index (χ0v) is 13.3. The Labute approximate surface area is 127 Å². The van der Waals surface area contributed by atoms with E-state index in [1.54, 1.807) is 11.0 Å². The Hall–Kier alpha value is -2.09. The first-order chi connectivity index (χ1) is 10.0. The van der Waals surface area contributed by atoms with Crippen molar-refractivity contribution < 1.29 is 4.79 Å². The van der Waals surface area contributed by atoms with E-state index in [4.69, 9.17) is 5.26 Å². The highest BCUT2D eigenvalue weighted by molar-refractivity contribution is 5.95. The molecule has 1 heterocycles. The first-order valence-corrected chi connectivity index (χ1v) is 7.49. The first-order valence-electron chi connectivity index (χ1n) is 7.49. The number of aromatic nitrogens is 1. The SMILES string of the molecule is CCNc1cc(C(=O)N(CC)CC(C)C#N)cc(CC)n1. The number of hydrogen-bond donors (Lipinski definition) is 1. The van der Waals surface area contributed by atoms with Gasteiger partial charge in [0.05, 0.1) is 12.0 Å².